The van der Waals surface area contributed by atoms with E-state index in [1.807, 2.05) is 26.0 Å². The van der Waals surface area contributed by atoms with Crippen LogP contribution in [0.3, 0.4) is 0 Å². The predicted octanol–water partition coefficient (Wildman–Crippen LogP) is 5.34. The second-order valence-corrected chi connectivity index (χ2v) is 8.28. The summed E-state index contributed by atoms with van der Waals surface area (Å²) in [7, 11) is 0. The molecule has 0 aliphatic heterocycles. The Morgan fingerprint density at radius 3 is 2.89 bits per heavy atom. The molecule has 5 rings (SSSR count). The first-order valence-electron chi connectivity index (χ1n) is 9.66. The quantitative estimate of drug-likeness (QED) is 0.440. The van der Waals surface area contributed by atoms with E-state index < -0.39 is 0 Å². The number of hydrogen-bond donors (Lipinski definition) is 0. The van der Waals surface area contributed by atoms with Crippen LogP contribution >= 0.6 is 11.3 Å². The summed E-state index contributed by atoms with van der Waals surface area (Å²) in [5.74, 6) is 2.00. The number of fused-ring (bicyclic) bond motifs is 4. The van der Waals surface area contributed by atoms with E-state index in [2.05, 4.69) is 0 Å². The number of aryl methyl sites for hydroxylation is 4. The van der Waals surface area contributed by atoms with Gasteiger partial charge in [-0.15, -0.1) is 11.3 Å². The molecule has 0 saturated carbocycles. The van der Waals surface area contributed by atoms with Crippen LogP contribution in [0, 0.1) is 6.92 Å². The molecule has 4 aromatic rings. The molecule has 3 aromatic heterocycles. The van der Waals surface area contributed by atoms with Crippen molar-refractivity contribution in [2.24, 2.45) is 0 Å². The highest BCUT2D eigenvalue weighted by atomic mass is 32.1. The smallest absolute Gasteiger partial charge is 0.336 e. The van der Waals surface area contributed by atoms with E-state index in [0.29, 0.717) is 17.2 Å². The summed E-state index contributed by atoms with van der Waals surface area (Å²) >= 11 is 1.77. The molecule has 0 saturated heterocycles. The van der Waals surface area contributed by atoms with Gasteiger partial charge >= 0.3 is 5.63 Å². The summed E-state index contributed by atoms with van der Waals surface area (Å²) in [4.78, 5) is 23.6. The van der Waals surface area contributed by atoms with Gasteiger partial charge in [0, 0.05) is 28.8 Å². The highest BCUT2D eigenvalue weighted by Crippen LogP contribution is 2.41. The fourth-order valence-corrected chi connectivity index (χ4v) is 5.15. The lowest BCUT2D eigenvalue weighted by Crippen LogP contribution is -2.01. The Labute approximate surface area is 166 Å². The number of rotatable bonds is 3. The average Bonchev–Trinajstić information content (AvgIpc) is 3.06. The first-order valence-corrected chi connectivity index (χ1v) is 10.5. The summed E-state index contributed by atoms with van der Waals surface area (Å²) in [5.41, 5.74) is 2.40. The van der Waals surface area contributed by atoms with Gasteiger partial charge in [-0.05, 0) is 55.9 Å². The van der Waals surface area contributed by atoms with E-state index >= 15 is 0 Å². The molecule has 0 bridgehead atoms. The fraction of sp³-hybridized carbons (Fsp3) is 0.318. The summed E-state index contributed by atoms with van der Waals surface area (Å²) in [6, 6.07) is 7.09. The number of hydrogen-bond acceptors (Lipinski definition) is 6. The van der Waals surface area contributed by atoms with Crippen molar-refractivity contribution in [3.63, 3.8) is 0 Å². The highest BCUT2D eigenvalue weighted by molar-refractivity contribution is 7.18. The monoisotopic (exact) mass is 392 g/mol. The third-order valence-electron chi connectivity index (χ3n) is 5.28. The van der Waals surface area contributed by atoms with Crippen LogP contribution < -0.4 is 10.4 Å². The Bertz CT molecular complexity index is 1270. The lowest BCUT2D eigenvalue weighted by molar-refractivity contribution is 0.463. The molecule has 0 amide bonds. The van der Waals surface area contributed by atoms with Crippen LogP contribution in [-0.4, -0.2) is 9.97 Å². The van der Waals surface area contributed by atoms with Crippen molar-refractivity contribution in [2.75, 3.05) is 0 Å². The molecule has 1 aliphatic carbocycles. The highest BCUT2D eigenvalue weighted by Gasteiger charge is 2.22. The van der Waals surface area contributed by atoms with Gasteiger partial charge in [-0.3, -0.25) is 0 Å². The van der Waals surface area contributed by atoms with Gasteiger partial charge in [-0.2, -0.15) is 4.98 Å². The minimum Gasteiger partial charge on any atom is -0.438 e. The van der Waals surface area contributed by atoms with Crippen LogP contribution in [0.4, 0.5) is 0 Å². The zero-order valence-corrected chi connectivity index (χ0v) is 16.7. The van der Waals surface area contributed by atoms with Gasteiger partial charge in [0.1, 0.15) is 22.0 Å². The van der Waals surface area contributed by atoms with Gasteiger partial charge < -0.3 is 9.15 Å². The lowest BCUT2D eigenvalue weighted by Gasteiger charge is -2.13. The van der Waals surface area contributed by atoms with Crippen LogP contribution in [0.15, 0.2) is 33.5 Å². The minimum atomic E-state index is -0.355. The molecular weight excluding hydrogens is 372 g/mol. The summed E-state index contributed by atoms with van der Waals surface area (Å²) in [6.45, 7) is 3.95. The molecule has 0 unspecified atom stereocenters. The van der Waals surface area contributed by atoms with Crippen LogP contribution in [0.5, 0.6) is 11.6 Å². The van der Waals surface area contributed by atoms with Crippen LogP contribution in [0.25, 0.3) is 21.2 Å². The average molecular weight is 392 g/mol. The molecule has 0 radical (unpaired) electrons. The third-order valence-corrected chi connectivity index (χ3v) is 6.47. The molecule has 142 valence electrons. The molecule has 0 atom stereocenters. The van der Waals surface area contributed by atoms with E-state index in [0.717, 1.165) is 46.3 Å². The first kappa shape index (κ1) is 17.4. The molecule has 0 N–H and O–H groups in total. The Hall–Kier alpha value is -2.73. The van der Waals surface area contributed by atoms with Crippen molar-refractivity contribution >= 4 is 32.5 Å². The Kier molecular flexibility index (Phi) is 4.16. The van der Waals surface area contributed by atoms with E-state index in [1.54, 1.807) is 17.4 Å². The minimum absolute atomic E-state index is 0.355. The Balaban J connectivity index is 1.65. The molecule has 1 aliphatic rings. The second-order valence-electron chi connectivity index (χ2n) is 7.20. The standard InChI is InChI=1S/C22H20N2O3S/c1-3-18-23-21(20-15-6-4-5-7-17(15)28-22(20)24-18)26-13-8-9-14-12(2)10-19(25)27-16(14)11-13/h8-11H,3-7H2,1-2H3. The summed E-state index contributed by atoms with van der Waals surface area (Å²) in [6.07, 6.45) is 5.33. The van der Waals surface area contributed by atoms with Crippen molar-refractivity contribution in [3.8, 4) is 11.6 Å². The molecule has 6 heteroatoms. The molecule has 3 heterocycles. The van der Waals surface area contributed by atoms with Gasteiger partial charge in [0.15, 0.2) is 0 Å². The Morgan fingerprint density at radius 1 is 1.18 bits per heavy atom. The normalized spacial score (nSPS) is 13.8. The number of ether oxygens (including phenoxy) is 1. The van der Waals surface area contributed by atoms with E-state index in [4.69, 9.17) is 19.1 Å². The van der Waals surface area contributed by atoms with E-state index in [9.17, 15) is 4.79 Å². The summed E-state index contributed by atoms with van der Waals surface area (Å²) < 4.78 is 11.6. The van der Waals surface area contributed by atoms with Gasteiger partial charge in [-0.1, -0.05) is 6.92 Å². The predicted molar refractivity (Wildman–Crippen MR) is 111 cm³/mol. The molecule has 0 spiro atoms. The third kappa shape index (κ3) is 2.88. The molecule has 5 nitrogen and oxygen atoms in total. The Morgan fingerprint density at radius 2 is 2.04 bits per heavy atom. The van der Waals surface area contributed by atoms with Crippen molar-refractivity contribution in [1.82, 2.24) is 9.97 Å². The maximum absolute atomic E-state index is 11.7. The molecule has 28 heavy (non-hydrogen) atoms. The zero-order valence-electron chi connectivity index (χ0n) is 15.9. The first-order chi connectivity index (χ1) is 13.6. The van der Waals surface area contributed by atoms with Gasteiger partial charge in [0.2, 0.25) is 5.88 Å². The number of nitrogens with zero attached hydrogens (tertiary/aromatic N) is 2. The lowest BCUT2D eigenvalue weighted by atomic mass is 9.97. The van der Waals surface area contributed by atoms with Gasteiger partial charge in [-0.25, -0.2) is 9.78 Å². The van der Waals surface area contributed by atoms with Gasteiger partial charge in [0.05, 0.1) is 5.39 Å². The van der Waals surface area contributed by atoms with Crippen molar-refractivity contribution in [2.45, 2.75) is 46.0 Å². The molecule has 1 aromatic carbocycles. The maximum atomic E-state index is 11.7. The van der Waals surface area contributed by atoms with E-state index in [-0.39, 0.29) is 5.63 Å². The zero-order chi connectivity index (χ0) is 19.3. The number of aromatic nitrogens is 2. The van der Waals surface area contributed by atoms with Crippen molar-refractivity contribution < 1.29 is 9.15 Å². The number of thiophene rings is 1. The largest absolute Gasteiger partial charge is 0.438 e. The topological polar surface area (TPSA) is 65.2 Å². The van der Waals surface area contributed by atoms with Gasteiger partial charge in [0.25, 0.3) is 0 Å². The molecule has 0 fully saturated rings. The second kappa shape index (κ2) is 6.71. The van der Waals surface area contributed by atoms with Crippen LogP contribution in [-0.2, 0) is 19.3 Å². The van der Waals surface area contributed by atoms with Crippen LogP contribution in [0.1, 0.15) is 41.6 Å². The van der Waals surface area contributed by atoms with Crippen molar-refractivity contribution in [1.29, 1.82) is 0 Å². The van der Waals surface area contributed by atoms with Crippen LogP contribution in [0.2, 0.25) is 0 Å². The maximum Gasteiger partial charge on any atom is 0.336 e. The SMILES string of the molecule is CCc1nc(Oc2ccc3c(C)cc(=O)oc3c2)c2c3c(sc2n1)CCCC3. The fourth-order valence-electron chi connectivity index (χ4n) is 3.88. The van der Waals surface area contributed by atoms with Crippen molar-refractivity contribution in [3.05, 3.63) is 56.5 Å². The number of benzene rings is 1. The molecular formula is C22H20N2O3S. The van der Waals surface area contributed by atoms with E-state index in [1.165, 1.54) is 29.3 Å². The summed E-state index contributed by atoms with van der Waals surface area (Å²) in [5, 5.41) is 1.95.